The van der Waals surface area contributed by atoms with Crippen molar-refractivity contribution < 1.29 is 42.9 Å². The van der Waals surface area contributed by atoms with Crippen molar-refractivity contribution in [2.45, 2.75) is 52.9 Å². The molecule has 0 heterocycles. The van der Waals surface area contributed by atoms with Crippen LogP contribution in [0, 0.1) is 0 Å². The molecule has 12 nitrogen and oxygen atoms in total. The van der Waals surface area contributed by atoms with Crippen LogP contribution in [0.25, 0.3) is 0 Å². The fourth-order valence-corrected chi connectivity index (χ4v) is 4.29. The molecule has 2 amide bonds. The van der Waals surface area contributed by atoms with Gasteiger partial charge in [0.2, 0.25) is 0 Å². The van der Waals surface area contributed by atoms with Crippen molar-refractivity contribution in [3.63, 3.8) is 0 Å². The Morgan fingerprint density at radius 2 is 1.06 bits per heavy atom. The Labute approximate surface area is 294 Å². The first-order valence-electron chi connectivity index (χ1n) is 16.5. The summed E-state index contributed by atoms with van der Waals surface area (Å²) in [5.74, 6) is -0.987. The summed E-state index contributed by atoms with van der Waals surface area (Å²) in [4.78, 5) is 65.1. The first-order valence-corrected chi connectivity index (χ1v) is 16.5. The summed E-state index contributed by atoms with van der Waals surface area (Å²) in [5.41, 5.74) is 2.85. The lowest BCUT2D eigenvalue weighted by Crippen LogP contribution is -2.37. The Hall–Kier alpha value is -5.52. The van der Waals surface area contributed by atoms with Crippen molar-refractivity contribution >= 4 is 36.6 Å². The van der Waals surface area contributed by atoms with Crippen molar-refractivity contribution in [3.05, 3.63) is 108 Å². The minimum atomic E-state index is -0.645. The van der Waals surface area contributed by atoms with Gasteiger partial charge in [-0.3, -0.25) is 24.4 Å². The zero-order chi connectivity index (χ0) is 36.4. The van der Waals surface area contributed by atoms with Gasteiger partial charge in [0, 0.05) is 32.1 Å². The van der Waals surface area contributed by atoms with E-state index in [0.717, 1.165) is 21.6 Å². The van der Waals surface area contributed by atoms with Crippen LogP contribution >= 0.6 is 0 Å². The second-order valence-corrected chi connectivity index (χ2v) is 10.7. The fourth-order valence-electron chi connectivity index (χ4n) is 4.29. The molecule has 0 aromatic heterocycles. The van der Waals surface area contributed by atoms with Gasteiger partial charge in [0.25, 0.3) is 0 Å². The Morgan fingerprint density at radius 3 is 1.48 bits per heavy atom. The summed E-state index contributed by atoms with van der Waals surface area (Å²) >= 11 is 0. The smallest absolute Gasteiger partial charge is 0.410 e. The summed E-state index contributed by atoms with van der Waals surface area (Å²) in [5, 5.41) is 0. The number of aldehydes is 1. The van der Waals surface area contributed by atoms with Crippen molar-refractivity contribution in [2.75, 3.05) is 39.4 Å². The molecular formula is C38H47N3O9. The van der Waals surface area contributed by atoms with Gasteiger partial charge in [-0.1, -0.05) is 91.0 Å². The summed E-state index contributed by atoms with van der Waals surface area (Å²) in [6.07, 6.45) is 1.92. The van der Waals surface area contributed by atoms with Crippen molar-refractivity contribution in [1.29, 1.82) is 0 Å². The summed E-state index contributed by atoms with van der Waals surface area (Å²) in [7, 11) is 0. The first-order chi connectivity index (χ1) is 24.3. The number of carbonyl (C=O) groups is 5. The zero-order valence-corrected chi connectivity index (χ0v) is 29.0. The normalized spacial score (nSPS) is 10.9. The molecule has 0 unspecified atom stereocenters. The zero-order valence-electron chi connectivity index (χ0n) is 29.0. The van der Waals surface area contributed by atoms with Gasteiger partial charge >= 0.3 is 24.1 Å². The number of ether oxygens (including phenoxy) is 4. The average molecular weight is 690 g/mol. The van der Waals surface area contributed by atoms with E-state index in [4.69, 9.17) is 18.9 Å². The molecule has 3 rings (SSSR count). The van der Waals surface area contributed by atoms with Gasteiger partial charge < -0.3 is 23.7 Å². The monoisotopic (exact) mass is 689 g/mol. The van der Waals surface area contributed by atoms with Gasteiger partial charge in [-0.05, 0) is 37.5 Å². The van der Waals surface area contributed by atoms with Gasteiger partial charge in [0.1, 0.15) is 32.6 Å². The largest absolute Gasteiger partial charge is 0.465 e. The molecule has 50 heavy (non-hydrogen) atoms. The molecule has 0 aliphatic heterocycles. The maximum atomic E-state index is 12.5. The highest BCUT2D eigenvalue weighted by atomic mass is 16.6. The van der Waals surface area contributed by atoms with Crippen LogP contribution in [-0.2, 0) is 46.5 Å². The van der Waals surface area contributed by atoms with E-state index in [9.17, 15) is 24.0 Å². The summed E-state index contributed by atoms with van der Waals surface area (Å²) in [6.45, 7) is 6.25. The van der Waals surface area contributed by atoms with Gasteiger partial charge in [0.15, 0.2) is 0 Å². The van der Waals surface area contributed by atoms with Crippen molar-refractivity contribution in [3.8, 4) is 0 Å². The minimum absolute atomic E-state index is 0.0275. The number of aliphatic imine (C=N–C) groups is 1. The molecule has 0 radical (unpaired) electrons. The van der Waals surface area contributed by atoms with Crippen LogP contribution in [0.4, 0.5) is 9.59 Å². The number of hydrogen-bond donors (Lipinski definition) is 0. The van der Waals surface area contributed by atoms with Gasteiger partial charge in [-0.15, -0.1) is 0 Å². The van der Waals surface area contributed by atoms with Crippen molar-refractivity contribution in [2.24, 2.45) is 4.99 Å². The highest BCUT2D eigenvalue weighted by Crippen LogP contribution is 2.15. The third-order valence-electron chi connectivity index (χ3n) is 6.83. The van der Waals surface area contributed by atoms with Gasteiger partial charge in [-0.2, -0.15) is 0 Å². The quantitative estimate of drug-likeness (QED) is 0.0662. The number of nitrogens with zero attached hydrogens (tertiary/aromatic N) is 3. The van der Waals surface area contributed by atoms with E-state index in [0.29, 0.717) is 19.3 Å². The number of benzene rings is 3. The molecule has 0 aliphatic carbocycles. The predicted molar refractivity (Wildman–Crippen MR) is 188 cm³/mol. The maximum absolute atomic E-state index is 12.5. The molecule has 0 saturated carbocycles. The van der Waals surface area contributed by atoms with Gasteiger partial charge in [-0.25, -0.2) is 9.59 Å². The lowest BCUT2D eigenvalue weighted by molar-refractivity contribution is -0.145. The Kier molecular flexibility index (Phi) is 20.0. The minimum Gasteiger partial charge on any atom is -0.465 e. The van der Waals surface area contributed by atoms with E-state index >= 15 is 0 Å². The summed E-state index contributed by atoms with van der Waals surface area (Å²) in [6, 6.07) is 28.6. The van der Waals surface area contributed by atoms with E-state index in [-0.39, 0.29) is 58.5 Å². The average Bonchev–Trinajstić information content (AvgIpc) is 3.14. The summed E-state index contributed by atoms with van der Waals surface area (Å²) < 4.78 is 20.2. The van der Waals surface area contributed by atoms with E-state index in [1.54, 1.807) is 20.1 Å². The fraction of sp³-hybridized carbons (Fsp3) is 0.368. The molecule has 0 spiro atoms. The second kappa shape index (κ2) is 24.6. The maximum Gasteiger partial charge on any atom is 0.410 e. The van der Waals surface area contributed by atoms with E-state index in [1.807, 2.05) is 97.9 Å². The third kappa shape index (κ3) is 17.0. The predicted octanol–water partition coefficient (Wildman–Crippen LogP) is 6.19. The number of rotatable bonds is 18. The van der Waals surface area contributed by atoms with Crippen molar-refractivity contribution in [1.82, 2.24) is 9.80 Å². The van der Waals surface area contributed by atoms with Crippen LogP contribution in [0.15, 0.2) is 96.0 Å². The Morgan fingerprint density at radius 1 is 0.640 bits per heavy atom. The Balaban J connectivity index is 0.000000366. The van der Waals surface area contributed by atoms with Crippen LogP contribution in [-0.4, -0.2) is 85.8 Å². The molecule has 0 saturated heterocycles. The van der Waals surface area contributed by atoms with Crippen LogP contribution in [0.5, 0.6) is 0 Å². The molecule has 0 fully saturated rings. The lowest BCUT2D eigenvalue weighted by atomic mass is 10.1. The number of hydrogen-bond acceptors (Lipinski definition) is 10. The SMILES string of the molecule is CCOC(=O)CN(CCC=N[C@H](C)c1ccccc1)C(=O)OCc1ccccc1.CCOC(=O)CN(CCC=O)C(=O)OCc1ccccc1. The molecule has 0 bridgehead atoms. The van der Waals surface area contributed by atoms with Gasteiger partial charge in [0.05, 0.1) is 19.3 Å². The highest BCUT2D eigenvalue weighted by molar-refractivity contribution is 5.79. The van der Waals surface area contributed by atoms with E-state index in [2.05, 4.69) is 4.99 Å². The molecular weight excluding hydrogens is 642 g/mol. The highest BCUT2D eigenvalue weighted by Gasteiger charge is 2.20. The van der Waals surface area contributed by atoms with E-state index in [1.165, 1.54) is 4.90 Å². The van der Waals surface area contributed by atoms with Crippen LogP contribution < -0.4 is 0 Å². The molecule has 0 N–H and O–H groups in total. The van der Waals surface area contributed by atoms with Crippen LogP contribution in [0.3, 0.4) is 0 Å². The molecule has 1 atom stereocenters. The standard InChI is InChI=1S/C23H28N2O4.C15H19NO5/c1-3-28-22(26)17-25(23(27)29-18-20-11-6-4-7-12-20)16-10-15-24-19(2)21-13-8-5-9-14-21;1-2-20-14(18)11-16(9-6-10-17)15(19)21-12-13-7-4-3-5-8-13/h4-9,11-15,19H,3,10,16-18H2,1-2H3;3-5,7-8,10H,2,6,9,11-12H2,1H3/t19-;/m1./s1. The number of esters is 2. The first kappa shape index (κ1) is 40.7. The van der Waals surface area contributed by atoms with Crippen LogP contribution in [0.2, 0.25) is 0 Å². The molecule has 0 aliphatic rings. The van der Waals surface area contributed by atoms with E-state index < -0.39 is 24.1 Å². The molecule has 3 aromatic rings. The lowest BCUT2D eigenvalue weighted by Gasteiger charge is -2.20. The molecule has 3 aromatic carbocycles. The molecule has 12 heteroatoms. The topological polar surface area (TPSA) is 141 Å². The Bertz CT molecular complexity index is 1450. The van der Waals surface area contributed by atoms with Crippen LogP contribution in [0.1, 0.15) is 56.3 Å². The number of carbonyl (C=O) groups excluding carboxylic acids is 5. The number of amides is 2. The second-order valence-electron chi connectivity index (χ2n) is 10.7. The molecule has 268 valence electrons. The third-order valence-corrected chi connectivity index (χ3v) is 6.83.